The van der Waals surface area contributed by atoms with Gasteiger partial charge in [-0.1, -0.05) is 55.5 Å². The molecule has 1 saturated heterocycles. The molecule has 0 spiro atoms. The van der Waals surface area contributed by atoms with E-state index in [9.17, 15) is 14.4 Å². The van der Waals surface area contributed by atoms with Gasteiger partial charge in [-0.15, -0.1) is 0 Å². The van der Waals surface area contributed by atoms with Crippen molar-refractivity contribution in [2.45, 2.75) is 18.8 Å². The van der Waals surface area contributed by atoms with E-state index in [2.05, 4.69) is 0 Å². The van der Waals surface area contributed by atoms with Gasteiger partial charge >= 0.3 is 5.91 Å². The molecular weight excluding hydrogens is 278 g/mol. The van der Waals surface area contributed by atoms with Crippen molar-refractivity contribution in [3.63, 3.8) is 0 Å². The zero-order valence-corrected chi connectivity index (χ0v) is 12.2. The molecule has 1 heterocycles. The molecule has 1 aliphatic rings. The Labute approximate surface area is 128 Å². The van der Waals surface area contributed by atoms with Crippen LogP contribution in [0.1, 0.15) is 18.9 Å². The summed E-state index contributed by atoms with van der Waals surface area (Å²) in [7, 11) is 0. The molecule has 4 heteroatoms. The molecule has 2 aromatic rings. The third-order valence-corrected chi connectivity index (χ3v) is 4.16. The molecule has 0 aliphatic carbocycles. The predicted octanol–water partition coefficient (Wildman–Crippen LogP) is 2.48. The van der Waals surface area contributed by atoms with E-state index in [4.69, 9.17) is 0 Å². The first-order valence-electron chi connectivity index (χ1n) is 7.17. The van der Waals surface area contributed by atoms with Crippen molar-refractivity contribution >= 4 is 23.3 Å². The number of hydrogen-bond acceptors (Lipinski definition) is 3. The average Bonchev–Trinajstić information content (AvgIpc) is 2.76. The SMILES string of the molecule is CCC1(c2ccccc2)C(=O)C(=O)N(c2ccccc2)C1=O. The minimum Gasteiger partial charge on any atom is -0.287 e. The normalized spacial score (nSPS) is 21.5. The Hall–Kier alpha value is -2.75. The Morgan fingerprint density at radius 2 is 1.41 bits per heavy atom. The zero-order chi connectivity index (χ0) is 15.7. The van der Waals surface area contributed by atoms with E-state index < -0.39 is 23.0 Å². The van der Waals surface area contributed by atoms with Crippen LogP contribution >= 0.6 is 0 Å². The summed E-state index contributed by atoms with van der Waals surface area (Å²) in [5.41, 5.74) is -0.412. The average molecular weight is 293 g/mol. The third kappa shape index (κ3) is 1.80. The molecule has 1 aliphatic heterocycles. The lowest BCUT2D eigenvalue weighted by Crippen LogP contribution is -2.40. The number of Topliss-reactive ketones (excluding diaryl/α,β-unsaturated/α-hetero) is 1. The molecule has 1 atom stereocenters. The highest BCUT2D eigenvalue weighted by Crippen LogP contribution is 2.38. The maximum absolute atomic E-state index is 13.0. The summed E-state index contributed by atoms with van der Waals surface area (Å²) in [6.45, 7) is 1.75. The van der Waals surface area contributed by atoms with Crippen LogP contribution in [0.4, 0.5) is 5.69 Å². The van der Waals surface area contributed by atoms with Crippen molar-refractivity contribution < 1.29 is 14.4 Å². The summed E-state index contributed by atoms with van der Waals surface area (Å²) in [5, 5.41) is 0. The monoisotopic (exact) mass is 293 g/mol. The van der Waals surface area contributed by atoms with E-state index in [-0.39, 0.29) is 6.42 Å². The van der Waals surface area contributed by atoms with Crippen molar-refractivity contribution in [2.24, 2.45) is 0 Å². The Balaban J connectivity index is 2.16. The van der Waals surface area contributed by atoms with Crippen molar-refractivity contribution in [3.05, 3.63) is 66.2 Å². The maximum atomic E-state index is 13.0. The second-order valence-corrected chi connectivity index (χ2v) is 5.24. The Bertz CT molecular complexity index is 739. The van der Waals surface area contributed by atoms with Gasteiger partial charge in [-0.25, -0.2) is 4.90 Å². The van der Waals surface area contributed by atoms with Gasteiger partial charge in [0, 0.05) is 0 Å². The van der Waals surface area contributed by atoms with Crippen LogP contribution in [-0.4, -0.2) is 17.6 Å². The zero-order valence-electron chi connectivity index (χ0n) is 12.2. The van der Waals surface area contributed by atoms with Crippen molar-refractivity contribution in [1.82, 2.24) is 0 Å². The number of amides is 2. The number of para-hydroxylation sites is 1. The summed E-state index contributed by atoms with van der Waals surface area (Å²) in [6.07, 6.45) is 0.254. The highest BCUT2D eigenvalue weighted by atomic mass is 16.2. The molecule has 0 radical (unpaired) electrons. The fourth-order valence-corrected chi connectivity index (χ4v) is 2.97. The van der Waals surface area contributed by atoms with Crippen LogP contribution in [-0.2, 0) is 19.8 Å². The van der Waals surface area contributed by atoms with Gasteiger partial charge in [-0.05, 0) is 24.1 Å². The number of rotatable bonds is 3. The van der Waals surface area contributed by atoms with Crippen molar-refractivity contribution in [2.75, 3.05) is 4.90 Å². The topological polar surface area (TPSA) is 54.5 Å². The summed E-state index contributed by atoms with van der Waals surface area (Å²) >= 11 is 0. The van der Waals surface area contributed by atoms with Gasteiger partial charge < -0.3 is 0 Å². The van der Waals surface area contributed by atoms with Gasteiger partial charge in [-0.2, -0.15) is 0 Å². The number of carbonyl (C=O) groups is 3. The molecule has 0 aromatic heterocycles. The summed E-state index contributed by atoms with van der Waals surface area (Å²) in [4.78, 5) is 39.0. The lowest BCUT2D eigenvalue weighted by molar-refractivity contribution is -0.137. The number of benzene rings is 2. The molecule has 0 saturated carbocycles. The van der Waals surface area contributed by atoms with Crippen LogP contribution in [0.25, 0.3) is 0 Å². The Morgan fingerprint density at radius 1 is 0.864 bits per heavy atom. The van der Waals surface area contributed by atoms with Crippen molar-refractivity contribution in [3.8, 4) is 0 Å². The molecule has 1 unspecified atom stereocenters. The fourth-order valence-electron chi connectivity index (χ4n) is 2.97. The van der Waals surface area contributed by atoms with Crippen LogP contribution in [0.15, 0.2) is 60.7 Å². The highest BCUT2D eigenvalue weighted by molar-refractivity contribution is 6.59. The van der Waals surface area contributed by atoms with E-state index in [1.807, 2.05) is 6.07 Å². The smallest absolute Gasteiger partial charge is 0.287 e. The molecule has 2 amide bonds. The lowest BCUT2D eigenvalue weighted by atomic mass is 9.76. The van der Waals surface area contributed by atoms with Crippen LogP contribution in [0, 0.1) is 0 Å². The molecule has 110 valence electrons. The molecule has 2 aromatic carbocycles. The maximum Gasteiger partial charge on any atom is 0.302 e. The van der Waals surface area contributed by atoms with Crippen LogP contribution in [0.5, 0.6) is 0 Å². The molecule has 22 heavy (non-hydrogen) atoms. The van der Waals surface area contributed by atoms with Crippen LogP contribution in [0.2, 0.25) is 0 Å². The standard InChI is InChI=1S/C18H15NO3/c1-2-18(13-9-5-3-6-10-13)15(20)16(21)19(17(18)22)14-11-7-4-8-12-14/h3-12H,2H2,1H3. The van der Waals surface area contributed by atoms with Gasteiger partial charge in [0.15, 0.2) is 0 Å². The second-order valence-electron chi connectivity index (χ2n) is 5.24. The summed E-state index contributed by atoms with van der Waals surface area (Å²) < 4.78 is 0. The number of anilines is 1. The van der Waals surface area contributed by atoms with E-state index in [0.29, 0.717) is 11.3 Å². The van der Waals surface area contributed by atoms with Crippen molar-refractivity contribution in [1.29, 1.82) is 0 Å². The molecule has 0 N–H and O–H groups in total. The lowest BCUT2D eigenvalue weighted by Gasteiger charge is -2.24. The number of carbonyl (C=O) groups excluding carboxylic acids is 3. The Morgan fingerprint density at radius 3 is 1.95 bits per heavy atom. The number of nitrogens with zero attached hydrogens (tertiary/aromatic N) is 1. The first-order chi connectivity index (χ1) is 10.6. The van der Waals surface area contributed by atoms with Gasteiger partial charge in [0.25, 0.3) is 5.91 Å². The number of hydrogen-bond donors (Lipinski definition) is 0. The largest absolute Gasteiger partial charge is 0.302 e. The molecule has 4 nitrogen and oxygen atoms in total. The van der Waals surface area contributed by atoms with E-state index in [1.165, 1.54) is 0 Å². The molecule has 1 fully saturated rings. The minimum atomic E-state index is -1.41. The second kappa shape index (κ2) is 5.22. The third-order valence-electron chi connectivity index (χ3n) is 4.16. The van der Waals surface area contributed by atoms with Gasteiger partial charge in [0.05, 0.1) is 5.69 Å². The first kappa shape index (κ1) is 14.2. The number of imide groups is 1. The minimum absolute atomic E-state index is 0.254. The fraction of sp³-hybridized carbons (Fsp3) is 0.167. The van der Waals surface area contributed by atoms with Crippen LogP contribution in [0.3, 0.4) is 0 Å². The summed E-state index contributed by atoms with van der Waals surface area (Å²) in [6, 6.07) is 17.4. The summed E-state index contributed by atoms with van der Waals surface area (Å²) in [5.74, 6) is -1.89. The van der Waals surface area contributed by atoms with Gasteiger partial charge in [0.2, 0.25) is 5.78 Å². The van der Waals surface area contributed by atoms with Gasteiger partial charge in [0.1, 0.15) is 5.41 Å². The molecule has 0 bridgehead atoms. The highest BCUT2D eigenvalue weighted by Gasteiger charge is 2.59. The van der Waals surface area contributed by atoms with E-state index >= 15 is 0 Å². The van der Waals surface area contributed by atoms with E-state index in [0.717, 1.165) is 4.90 Å². The molecular formula is C18H15NO3. The predicted molar refractivity (Wildman–Crippen MR) is 82.4 cm³/mol. The van der Waals surface area contributed by atoms with Gasteiger partial charge in [-0.3, -0.25) is 14.4 Å². The number of ketones is 1. The first-order valence-corrected chi connectivity index (χ1v) is 7.17. The Kier molecular flexibility index (Phi) is 3.37. The quantitative estimate of drug-likeness (QED) is 0.496. The van der Waals surface area contributed by atoms with Crippen LogP contribution < -0.4 is 4.90 Å². The van der Waals surface area contributed by atoms with E-state index in [1.54, 1.807) is 61.5 Å². The molecule has 3 rings (SSSR count).